The summed E-state index contributed by atoms with van der Waals surface area (Å²) in [5.74, 6) is -0.662. The highest BCUT2D eigenvalue weighted by atomic mass is 35.5. The number of hydrogen-bond donors (Lipinski definition) is 3. The van der Waals surface area contributed by atoms with Crippen LogP contribution < -0.4 is 9.44 Å². The molecule has 13 heteroatoms. The van der Waals surface area contributed by atoms with Crippen molar-refractivity contribution in [3.8, 4) is 5.75 Å². The Labute approximate surface area is 146 Å². The van der Waals surface area contributed by atoms with Gasteiger partial charge < -0.3 is 5.11 Å². The second-order valence-corrected chi connectivity index (χ2v) is 10.5. The average Bonchev–Trinajstić information content (AvgIpc) is 2.97. The Morgan fingerprint density at radius 2 is 1.74 bits per heavy atom. The van der Waals surface area contributed by atoms with E-state index >= 15 is 0 Å². The predicted octanol–water partition coefficient (Wildman–Crippen LogP) is 2.19. The van der Waals surface area contributed by atoms with Crippen molar-refractivity contribution in [3.05, 3.63) is 21.2 Å². The zero-order valence-electron chi connectivity index (χ0n) is 11.8. The Balaban J connectivity index is 2.28. The third kappa shape index (κ3) is 3.89. The van der Waals surface area contributed by atoms with Gasteiger partial charge in [-0.3, -0.25) is 9.44 Å². The third-order valence-electron chi connectivity index (χ3n) is 2.55. The van der Waals surface area contributed by atoms with Crippen LogP contribution in [0, 0.1) is 0 Å². The number of nitrogens with one attached hydrogen (secondary N) is 2. The number of rotatable bonds is 6. The molecule has 3 N–H and O–H groups in total. The quantitative estimate of drug-likeness (QED) is 0.666. The fraction of sp³-hybridized carbons (Fsp3) is 0.200. The summed E-state index contributed by atoms with van der Waals surface area (Å²) in [6, 6.07) is 1.47. The van der Waals surface area contributed by atoms with Gasteiger partial charge in [-0.2, -0.15) is 8.42 Å². The van der Waals surface area contributed by atoms with Gasteiger partial charge in [0.05, 0.1) is 5.69 Å². The number of halogens is 1. The van der Waals surface area contributed by atoms with Crippen LogP contribution in [-0.2, 0) is 20.2 Å². The van der Waals surface area contributed by atoms with Crippen LogP contribution in [0.15, 0.2) is 21.0 Å². The molecule has 0 bridgehead atoms. The summed E-state index contributed by atoms with van der Waals surface area (Å²) in [5.41, 5.74) is -0.0608. The van der Waals surface area contributed by atoms with E-state index in [1.807, 2.05) is 0 Å². The van der Waals surface area contributed by atoms with Crippen LogP contribution >= 0.6 is 34.3 Å². The first kappa shape index (κ1) is 18.3. The monoisotopic (exact) mass is 417 g/mol. The highest BCUT2D eigenvalue weighted by Gasteiger charge is 2.27. The first-order valence-corrected chi connectivity index (χ1v) is 10.9. The van der Waals surface area contributed by atoms with E-state index < -0.39 is 26.0 Å². The molecular weight excluding hydrogens is 406 g/mol. The van der Waals surface area contributed by atoms with Gasteiger partial charge in [-0.05, 0) is 11.4 Å². The normalized spacial score (nSPS) is 12.5. The van der Waals surface area contributed by atoms with E-state index in [0.29, 0.717) is 11.3 Å². The standard InChI is InChI=1S/C10H12ClN3O5S4/c1-14(2)22(16,17)10-8(15)7(5-21-10)13-23(18,19)12-6-3-4-20-9(6)11/h3-5,12-13,15H,1-2H3. The van der Waals surface area contributed by atoms with Gasteiger partial charge in [0, 0.05) is 19.5 Å². The lowest BCUT2D eigenvalue weighted by atomic mass is 10.5. The van der Waals surface area contributed by atoms with E-state index in [0.717, 1.165) is 15.6 Å². The number of nitrogens with zero attached hydrogens (tertiary/aromatic N) is 1. The second kappa shape index (κ2) is 6.45. The molecule has 23 heavy (non-hydrogen) atoms. The molecule has 8 nitrogen and oxygen atoms in total. The number of thiophene rings is 2. The van der Waals surface area contributed by atoms with Crippen LogP contribution in [0.1, 0.15) is 0 Å². The van der Waals surface area contributed by atoms with Gasteiger partial charge in [0.25, 0.3) is 10.0 Å². The van der Waals surface area contributed by atoms with Gasteiger partial charge in [-0.25, -0.2) is 12.7 Å². The topological polar surface area (TPSA) is 116 Å². The van der Waals surface area contributed by atoms with Gasteiger partial charge in [-0.1, -0.05) is 11.6 Å². The first-order chi connectivity index (χ1) is 10.5. The van der Waals surface area contributed by atoms with Gasteiger partial charge >= 0.3 is 10.2 Å². The Kier molecular flexibility index (Phi) is 5.13. The number of aromatic hydroxyl groups is 1. The molecular formula is C10H12ClN3O5S4. The van der Waals surface area contributed by atoms with Crippen molar-refractivity contribution in [2.45, 2.75) is 4.21 Å². The number of hydrogen-bond acceptors (Lipinski definition) is 7. The molecule has 0 unspecified atom stereocenters. The van der Waals surface area contributed by atoms with Crippen molar-refractivity contribution in [3.63, 3.8) is 0 Å². The first-order valence-electron chi connectivity index (χ1n) is 5.81. The number of sulfonamides is 1. The van der Waals surface area contributed by atoms with Crippen molar-refractivity contribution in [2.24, 2.45) is 0 Å². The zero-order chi connectivity index (χ0) is 17.4. The van der Waals surface area contributed by atoms with Crippen molar-refractivity contribution < 1.29 is 21.9 Å². The van der Waals surface area contributed by atoms with Crippen molar-refractivity contribution >= 4 is 65.9 Å². The molecule has 2 aromatic heterocycles. The molecule has 0 fully saturated rings. The maximum Gasteiger partial charge on any atom is 0.321 e. The molecule has 0 radical (unpaired) electrons. The molecule has 2 aromatic rings. The molecule has 0 atom stereocenters. The van der Waals surface area contributed by atoms with Gasteiger partial charge in [0.15, 0.2) is 9.96 Å². The zero-order valence-corrected chi connectivity index (χ0v) is 15.8. The molecule has 0 aliphatic heterocycles. The van der Waals surface area contributed by atoms with Crippen LogP contribution in [-0.4, -0.2) is 40.3 Å². The summed E-state index contributed by atoms with van der Waals surface area (Å²) >= 11 is 7.66. The summed E-state index contributed by atoms with van der Waals surface area (Å²) in [6.07, 6.45) is 0. The van der Waals surface area contributed by atoms with Crippen LogP contribution in [0.2, 0.25) is 4.34 Å². The van der Waals surface area contributed by atoms with Crippen LogP contribution in [0.5, 0.6) is 5.75 Å². The average molecular weight is 418 g/mol. The minimum Gasteiger partial charge on any atom is -0.504 e. The molecule has 0 amide bonds. The van der Waals surface area contributed by atoms with E-state index in [-0.39, 0.29) is 19.9 Å². The highest BCUT2D eigenvalue weighted by Crippen LogP contribution is 2.39. The van der Waals surface area contributed by atoms with Crippen LogP contribution in [0.3, 0.4) is 0 Å². The summed E-state index contributed by atoms with van der Waals surface area (Å²) in [7, 11) is -5.36. The van der Waals surface area contributed by atoms with Gasteiger partial charge in [-0.15, -0.1) is 22.7 Å². The van der Waals surface area contributed by atoms with E-state index in [2.05, 4.69) is 9.44 Å². The van der Waals surface area contributed by atoms with Crippen LogP contribution in [0.25, 0.3) is 0 Å². The summed E-state index contributed by atoms with van der Waals surface area (Å²) in [5, 5.41) is 12.8. The summed E-state index contributed by atoms with van der Waals surface area (Å²) in [6.45, 7) is 0. The molecule has 0 aromatic carbocycles. The molecule has 0 spiro atoms. The molecule has 0 aliphatic rings. The highest BCUT2D eigenvalue weighted by molar-refractivity contribution is 7.94. The van der Waals surface area contributed by atoms with Crippen molar-refractivity contribution in [2.75, 3.05) is 23.5 Å². The molecule has 0 saturated carbocycles. The Bertz CT molecular complexity index is 916. The summed E-state index contributed by atoms with van der Waals surface area (Å²) < 4.78 is 53.1. The van der Waals surface area contributed by atoms with E-state index in [4.69, 9.17) is 11.6 Å². The molecule has 2 rings (SSSR count). The van der Waals surface area contributed by atoms with Crippen molar-refractivity contribution in [1.82, 2.24) is 4.31 Å². The largest absolute Gasteiger partial charge is 0.504 e. The Morgan fingerprint density at radius 1 is 1.13 bits per heavy atom. The minimum atomic E-state index is -4.09. The maximum atomic E-state index is 12.0. The predicted molar refractivity (Wildman–Crippen MR) is 92.4 cm³/mol. The molecule has 0 saturated heterocycles. The number of anilines is 2. The molecule has 0 aliphatic carbocycles. The fourth-order valence-electron chi connectivity index (χ4n) is 1.44. The fourth-order valence-corrected chi connectivity index (χ4v) is 5.80. The second-order valence-electron chi connectivity index (χ2n) is 4.39. The van der Waals surface area contributed by atoms with Gasteiger partial charge in [0.2, 0.25) is 0 Å². The van der Waals surface area contributed by atoms with Gasteiger partial charge in [0.1, 0.15) is 10.0 Å². The lowest BCUT2D eigenvalue weighted by Crippen LogP contribution is -2.22. The van der Waals surface area contributed by atoms with Crippen molar-refractivity contribution in [1.29, 1.82) is 0 Å². The van der Waals surface area contributed by atoms with E-state index in [1.165, 1.54) is 25.5 Å². The SMILES string of the molecule is CN(C)S(=O)(=O)c1scc(NS(=O)(=O)Nc2ccsc2Cl)c1O. The lowest BCUT2D eigenvalue weighted by molar-refractivity contribution is 0.460. The summed E-state index contributed by atoms with van der Waals surface area (Å²) in [4.78, 5) is 0. The molecule has 2 heterocycles. The molecule has 128 valence electrons. The maximum absolute atomic E-state index is 12.0. The third-order valence-corrected chi connectivity index (χ3v) is 8.01. The Morgan fingerprint density at radius 3 is 2.26 bits per heavy atom. The van der Waals surface area contributed by atoms with E-state index in [9.17, 15) is 21.9 Å². The Hall–Kier alpha value is -1.05. The van der Waals surface area contributed by atoms with Crippen LogP contribution in [0.4, 0.5) is 11.4 Å². The smallest absolute Gasteiger partial charge is 0.321 e. The minimum absolute atomic E-state index is 0.181. The lowest BCUT2D eigenvalue weighted by Gasteiger charge is -2.11. The van der Waals surface area contributed by atoms with E-state index in [1.54, 1.807) is 5.38 Å².